The molecule has 1 amide bonds. The van der Waals surface area contributed by atoms with Crippen LogP contribution < -0.4 is 10.6 Å². The number of carbonyl (C=O) groups is 1. The summed E-state index contributed by atoms with van der Waals surface area (Å²) in [7, 11) is 1.72. The molecule has 2 aliphatic rings. The van der Waals surface area contributed by atoms with Gasteiger partial charge in [-0.1, -0.05) is 19.3 Å². The lowest BCUT2D eigenvalue weighted by Gasteiger charge is -2.49. The molecule has 0 aromatic carbocycles. The van der Waals surface area contributed by atoms with Gasteiger partial charge in [0.2, 0.25) is 5.91 Å². The van der Waals surface area contributed by atoms with Gasteiger partial charge in [-0.3, -0.25) is 9.69 Å². The molecule has 1 heterocycles. The van der Waals surface area contributed by atoms with Gasteiger partial charge in [0.1, 0.15) is 0 Å². The fourth-order valence-corrected chi connectivity index (χ4v) is 3.09. The van der Waals surface area contributed by atoms with E-state index in [1.54, 1.807) is 7.05 Å². The summed E-state index contributed by atoms with van der Waals surface area (Å²) in [6.07, 6.45) is 6.47. The summed E-state index contributed by atoms with van der Waals surface area (Å²) in [6.45, 7) is 3.65. The van der Waals surface area contributed by atoms with Gasteiger partial charge in [-0.25, -0.2) is 0 Å². The van der Waals surface area contributed by atoms with Gasteiger partial charge in [0.25, 0.3) is 0 Å². The molecule has 0 radical (unpaired) electrons. The average Bonchev–Trinajstić information content (AvgIpc) is 2.33. The molecule has 4 nitrogen and oxygen atoms in total. The maximum absolute atomic E-state index is 11.5. The minimum Gasteiger partial charge on any atom is -0.358 e. The van der Waals surface area contributed by atoms with Gasteiger partial charge in [-0.15, -0.1) is 12.4 Å². The van der Waals surface area contributed by atoms with Crippen molar-refractivity contribution in [2.24, 2.45) is 0 Å². The first-order valence-corrected chi connectivity index (χ1v) is 6.43. The Balaban J connectivity index is 0.00000144. The quantitative estimate of drug-likeness (QED) is 0.772. The second-order valence-corrected chi connectivity index (χ2v) is 5.06. The summed E-state index contributed by atoms with van der Waals surface area (Å²) in [5.41, 5.74) is 0.267. The van der Waals surface area contributed by atoms with Crippen molar-refractivity contribution in [3.05, 3.63) is 0 Å². The Labute approximate surface area is 110 Å². The van der Waals surface area contributed by atoms with Crippen LogP contribution in [0, 0.1) is 0 Å². The maximum Gasteiger partial charge on any atom is 0.233 e. The van der Waals surface area contributed by atoms with E-state index < -0.39 is 0 Å². The van der Waals surface area contributed by atoms with Crippen LogP contribution in [0.4, 0.5) is 0 Å². The maximum atomic E-state index is 11.5. The third-order valence-electron chi connectivity index (χ3n) is 4.08. The summed E-state index contributed by atoms with van der Waals surface area (Å²) in [4.78, 5) is 13.9. The van der Waals surface area contributed by atoms with Crippen LogP contribution in [0.5, 0.6) is 0 Å². The molecule has 2 N–H and O–H groups in total. The molecule has 1 saturated heterocycles. The lowest BCUT2D eigenvalue weighted by molar-refractivity contribution is -0.124. The zero-order valence-corrected chi connectivity index (χ0v) is 11.4. The number of carbonyl (C=O) groups excluding carboxylic acids is 1. The Morgan fingerprint density at radius 1 is 1.35 bits per heavy atom. The number of halogens is 1. The van der Waals surface area contributed by atoms with Gasteiger partial charge < -0.3 is 10.6 Å². The van der Waals surface area contributed by atoms with Crippen LogP contribution in [0.3, 0.4) is 0 Å². The highest BCUT2D eigenvalue weighted by atomic mass is 35.5. The SMILES string of the molecule is CNC(=O)CN1CCNCC12CCCCC2.Cl. The number of likely N-dealkylation sites (N-methyl/N-ethyl adjacent to an activating group) is 1. The summed E-state index contributed by atoms with van der Waals surface area (Å²) in [6, 6.07) is 0. The number of nitrogens with zero attached hydrogens (tertiary/aromatic N) is 1. The van der Waals surface area contributed by atoms with E-state index in [1.807, 2.05) is 0 Å². The van der Waals surface area contributed by atoms with Crippen LogP contribution in [0.25, 0.3) is 0 Å². The number of nitrogens with one attached hydrogen (secondary N) is 2. The van der Waals surface area contributed by atoms with Gasteiger partial charge in [-0.2, -0.15) is 0 Å². The molecule has 0 unspecified atom stereocenters. The predicted octanol–water partition coefficient (Wildman–Crippen LogP) is 0.762. The Bertz CT molecular complexity index is 246. The molecule has 1 aliphatic carbocycles. The number of piperazine rings is 1. The van der Waals surface area contributed by atoms with E-state index in [9.17, 15) is 4.79 Å². The molecule has 1 aliphatic heterocycles. The average molecular weight is 262 g/mol. The van der Waals surface area contributed by atoms with Crippen molar-refractivity contribution in [2.75, 3.05) is 33.2 Å². The molecule has 2 fully saturated rings. The first kappa shape index (κ1) is 14.7. The number of hydrogen-bond donors (Lipinski definition) is 2. The van der Waals surface area contributed by atoms with E-state index >= 15 is 0 Å². The van der Waals surface area contributed by atoms with Crippen molar-refractivity contribution in [1.29, 1.82) is 0 Å². The second kappa shape index (κ2) is 6.57. The van der Waals surface area contributed by atoms with Gasteiger partial charge in [0.15, 0.2) is 0 Å². The fourth-order valence-electron chi connectivity index (χ4n) is 3.09. The van der Waals surface area contributed by atoms with Crippen LogP contribution in [0.2, 0.25) is 0 Å². The number of amides is 1. The molecular formula is C12H24ClN3O. The molecule has 5 heteroatoms. The van der Waals surface area contributed by atoms with Gasteiger partial charge in [-0.05, 0) is 12.8 Å². The summed E-state index contributed by atoms with van der Waals surface area (Å²) in [5, 5.41) is 6.23. The van der Waals surface area contributed by atoms with E-state index in [0.717, 1.165) is 19.6 Å². The zero-order valence-electron chi connectivity index (χ0n) is 10.6. The highest BCUT2D eigenvalue weighted by Crippen LogP contribution is 2.34. The summed E-state index contributed by atoms with van der Waals surface area (Å²) in [5.74, 6) is 0.145. The van der Waals surface area contributed by atoms with E-state index in [2.05, 4.69) is 15.5 Å². The van der Waals surface area contributed by atoms with Crippen molar-refractivity contribution in [2.45, 2.75) is 37.6 Å². The van der Waals surface area contributed by atoms with E-state index in [0.29, 0.717) is 6.54 Å². The normalized spacial score (nSPS) is 24.1. The first-order chi connectivity index (χ1) is 7.77. The van der Waals surface area contributed by atoms with E-state index in [-0.39, 0.29) is 23.9 Å². The molecule has 0 aromatic rings. The standard InChI is InChI=1S/C12H23N3O.ClH/c1-13-11(16)9-15-8-7-14-10-12(15)5-3-2-4-6-12;/h14H,2-10H2,1H3,(H,13,16);1H. The van der Waals surface area contributed by atoms with Crippen LogP contribution in [0.15, 0.2) is 0 Å². The van der Waals surface area contributed by atoms with Crippen LogP contribution >= 0.6 is 12.4 Å². The first-order valence-electron chi connectivity index (χ1n) is 6.43. The third-order valence-corrected chi connectivity index (χ3v) is 4.08. The van der Waals surface area contributed by atoms with Crippen LogP contribution in [-0.2, 0) is 4.79 Å². The fraction of sp³-hybridized carbons (Fsp3) is 0.917. The molecule has 1 spiro atoms. The molecule has 0 aromatic heterocycles. The molecule has 0 atom stereocenters. The second-order valence-electron chi connectivity index (χ2n) is 5.06. The monoisotopic (exact) mass is 261 g/mol. The van der Waals surface area contributed by atoms with Gasteiger partial charge in [0, 0.05) is 32.2 Å². The minimum absolute atomic E-state index is 0. The van der Waals surface area contributed by atoms with Gasteiger partial charge in [0.05, 0.1) is 6.54 Å². The molecule has 100 valence electrons. The molecule has 0 bridgehead atoms. The van der Waals surface area contributed by atoms with E-state index in [4.69, 9.17) is 0 Å². The largest absolute Gasteiger partial charge is 0.358 e. The van der Waals surface area contributed by atoms with Crippen LogP contribution in [0.1, 0.15) is 32.1 Å². The van der Waals surface area contributed by atoms with Crippen LogP contribution in [-0.4, -0.2) is 49.6 Å². The molecule has 2 rings (SSSR count). The summed E-state index contributed by atoms with van der Waals surface area (Å²) >= 11 is 0. The molecular weight excluding hydrogens is 238 g/mol. The predicted molar refractivity (Wildman–Crippen MR) is 71.6 cm³/mol. The Hall–Kier alpha value is -0.320. The summed E-state index contributed by atoms with van der Waals surface area (Å²) < 4.78 is 0. The topological polar surface area (TPSA) is 44.4 Å². The van der Waals surface area contributed by atoms with Crippen molar-refractivity contribution in [3.63, 3.8) is 0 Å². The van der Waals surface area contributed by atoms with Crippen molar-refractivity contribution >= 4 is 18.3 Å². The number of rotatable bonds is 2. The zero-order chi connectivity index (χ0) is 11.4. The highest BCUT2D eigenvalue weighted by Gasteiger charge is 2.40. The third kappa shape index (κ3) is 3.33. The van der Waals surface area contributed by atoms with Crippen molar-refractivity contribution in [1.82, 2.24) is 15.5 Å². The highest BCUT2D eigenvalue weighted by molar-refractivity contribution is 5.85. The smallest absolute Gasteiger partial charge is 0.233 e. The molecule has 17 heavy (non-hydrogen) atoms. The Morgan fingerprint density at radius 2 is 2.06 bits per heavy atom. The minimum atomic E-state index is 0. The van der Waals surface area contributed by atoms with Gasteiger partial charge >= 0.3 is 0 Å². The van der Waals surface area contributed by atoms with E-state index in [1.165, 1.54) is 32.1 Å². The number of hydrogen-bond acceptors (Lipinski definition) is 3. The lowest BCUT2D eigenvalue weighted by Crippen LogP contribution is -2.63. The van der Waals surface area contributed by atoms with Crippen molar-refractivity contribution in [3.8, 4) is 0 Å². The Morgan fingerprint density at radius 3 is 2.71 bits per heavy atom. The molecule has 1 saturated carbocycles. The Kier molecular flexibility index (Phi) is 5.70. The lowest BCUT2D eigenvalue weighted by atomic mass is 9.79. The van der Waals surface area contributed by atoms with Crippen molar-refractivity contribution < 1.29 is 4.79 Å².